The van der Waals surface area contributed by atoms with Crippen LogP contribution in [0.5, 0.6) is 0 Å². The third-order valence-corrected chi connectivity index (χ3v) is 6.19. The van der Waals surface area contributed by atoms with Crippen molar-refractivity contribution in [2.45, 2.75) is 51.0 Å². The number of carbonyl (C=O) groups is 4. The lowest BCUT2D eigenvalue weighted by Gasteiger charge is -2.36. The molecular weight excluding hydrogens is 372 g/mol. The Morgan fingerprint density at radius 3 is 2.34 bits per heavy atom. The summed E-state index contributed by atoms with van der Waals surface area (Å²) in [6.07, 6.45) is 5.30. The summed E-state index contributed by atoms with van der Waals surface area (Å²) in [5.41, 5.74) is 0.339. The SMILES string of the molecule is C[C@@H]1CCCC[C@@]12NC(=O)N(CC(=O)Nc1ccc(NC(=O)C3CC3)cc1)C2=O. The molecule has 3 fully saturated rings. The van der Waals surface area contributed by atoms with Crippen molar-refractivity contribution in [3.63, 3.8) is 0 Å². The number of nitrogens with one attached hydrogen (secondary N) is 3. The van der Waals surface area contributed by atoms with E-state index in [0.717, 1.165) is 37.0 Å². The lowest BCUT2D eigenvalue weighted by atomic mass is 9.73. The van der Waals surface area contributed by atoms with Crippen molar-refractivity contribution >= 4 is 35.1 Å². The Morgan fingerprint density at radius 1 is 1.07 bits per heavy atom. The van der Waals surface area contributed by atoms with Gasteiger partial charge in [0.25, 0.3) is 5.91 Å². The first-order valence-electron chi connectivity index (χ1n) is 10.2. The van der Waals surface area contributed by atoms with E-state index in [0.29, 0.717) is 17.8 Å². The maximum Gasteiger partial charge on any atom is 0.325 e. The molecule has 8 heteroatoms. The van der Waals surface area contributed by atoms with Gasteiger partial charge in [-0.25, -0.2) is 4.79 Å². The van der Waals surface area contributed by atoms with E-state index in [1.54, 1.807) is 24.3 Å². The third kappa shape index (κ3) is 3.83. The molecule has 1 aromatic rings. The maximum absolute atomic E-state index is 12.9. The van der Waals surface area contributed by atoms with Crippen LogP contribution in [0, 0.1) is 11.8 Å². The highest BCUT2D eigenvalue weighted by Crippen LogP contribution is 2.38. The molecule has 1 aromatic carbocycles. The minimum atomic E-state index is -0.864. The average Bonchev–Trinajstić information content (AvgIpc) is 3.51. The van der Waals surface area contributed by atoms with Crippen LogP contribution in [0.25, 0.3) is 0 Å². The van der Waals surface area contributed by atoms with E-state index in [1.807, 2.05) is 6.92 Å². The van der Waals surface area contributed by atoms with Crippen LogP contribution in [0.4, 0.5) is 16.2 Å². The summed E-state index contributed by atoms with van der Waals surface area (Å²) in [7, 11) is 0. The van der Waals surface area contributed by atoms with E-state index in [9.17, 15) is 19.2 Å². The number of urea groups is 1. The molecule has 0 radical (unpaired) electrons. The van der Waals surface area contributed by atoms with E-state index in [4.69, 9.17) is 0 Å². The van der Waals surface area contributed by atoms with Crippen molar-refractivity contribution in [1.29, 1.82) is 0 Å². The number of benzene rings is 1. The topological polar surface area (TPSA) is 108 Å². The van der Waals surface area contributed by atoms with Crippen LogP contribution in [0.3, 0.4) is 0 Å². The Balaban J connectivity index is 1.35. The molecule has 1 saturated heterocycles. The molecule has 29 heavy (non-hydrogen) atoms. The number of nitrogens with zero attached hydrogens (tertiary/aromatic N) is 1. The Labute approximate surface area is 169 Å². The van der Waals surface area contributed by atoms with Gasteiger partial charge in [-0.15, -0.1) is 0 Å². The molecule has 154 valence electrons. The molecule has 3 aliphatic rings. The monoisotopic (exact) mass is 398 g/mol. The molecule has 0 aromatic heterocycles. The zero-order valence-electron chi connectivity index (χ0n) is 16.5. The predicted octanol–water partition coefficient (Wildman–Crippen LogP) is 2.47. The van der Waals surface area contributed by atoms with Crippen LogP contribution < -0.4 is 16.0 Å². The smallest absolute Gasteiger partial charge is 0.325 e. The number of amides is 5. The van der Waals surface area contributed by atoms with Gasteiger partial charge < -0.3 is 16.0 Å². The summed E-state index contributed by atoms with van der Waals surface area (Å²) in [5, 5.41) is 8.38. The molecule has 1 heterocycles. The van der Waals surface area contributed by atoms with Crippen molar-refractivity contribution in [1.82, 2.24) is 10.2 Å². The minimum absolute atomic E-state index is 0.0196. The Morgan fingerprint density at radius 2 is 1.72 bits per heavy atom. The van der Waals surface area contributed by atoms with Crippen LogP contribution in [0.15, 0.2) is 24.3 Å². The van der Waals surface area contributed by atoms with Crippen LogP contribution in [0.2, 0.25) is 0 Å². The molecule has 0 unspecified atom stereocenters. The van der Waals surface area contributed by atoms with Gasteiger partial charge in [0.1, 0.15) is 12.1 Å². The highest BCUT2D eigenvalue weighted by atomic mass is 16.2. The average molecular weight is 398 g/mol. The second-order valence-corrected chi connectivity index (χ2v) is 8.33. The predicted molar refractivity (Wildman–Crippen MR) is 107 cm³/mol. The fourth-order valence-electron chi connectivity index (χ4n) is 4.21. The van der Waals surface area contributed by atoms with E-state index >= 15 is 0 Å². The number of carbonyl (C=O) groups excluding carboxylic acids is 4. The van der Waals surface area contributed by atoms with E-state index < -0.39 is 17.5 Å². The lowest BCUT2D eigenvalue weighted by molar-refractivity contribution is -0.136. The second kappa shape index (κ2) is 7.50. The highest BCUT2D eigenvalue weighted by molar-refractivity contribution is 6.10. The van der Waals surface area contributed by atoms with Crippen LogP contribution in [-0.2, 0) is 14.4 Å². The van der Waals surface area contributed by atoms with E-state index in [2.05, 4.69) is 16.0 Å². The van der Waals surface area contributed by atoms with E-state index in [-0.39, 0.29) is 30.2 Å². The molecule has 2 atom stereocenters. The van der Waals surface area contributed by atoms with Crippen molar-refractivity contribution in [3.05, 3.63) is 24.3 Å². The van der Waals surface area contributed by atoms with Crippen molar-refractivity contribution < 1.29 is 19.2 Å². The van der Waals surface area contributed by atoms with Gasteiger partial charge in [0.15, 0.2) is 0 Å². The summed E-state index contributed by atoms with van der Waals surface area (Å²) < 4.78 is 0. The quantitative estimate of drug-likeness (QED) is 0.662. The van der Waals surface area contributed by atoms with Crippen molar-refractivity contribution in [3.8, 4) is 0 Å². The van der Waals surface area contributed by atoms with Crippen LogP contribution >= 0.6 is 0 Å². The van der Waals surface area contributed by atoms with Gasteiger partial charge in [-0.05, 0) is 55.9 Å². The number of imide groups is 1. The van der Waals surface area contributed by atoms with Gasteiger partial charge in [0.2, 0.25) is 11.8 Å². The van der Waals surface area contributed by atoms with Gasteiger partial charge in [-0.2, -0.15) is 0 Å². The first-order chi connectivity index (χ1) is 13.9. The van der Waals surface area contributed by atoms with Gasteiger partial charge in [0.05, 0.1) is 0 Å². The zero-order valence-corrected chi connectivity index (χ0v) is 16.5. The number of rotatable bonds is 5. The van der Waals surface area contributed by atoms with Crippen LogP contribution in [-0.4, -0.2) is 40.7 Å². The zero-order chi connectivity index (χ0) is 20.6. The molecule has 2 saturated carbocycles. The number of hydrogen-bond donors (Lipinski definition) is 3. The largest absolute Gasteiger partial charge is 0.326 e. The van der Waals surface area contributed by atoms with Crippen molar-refractivity contribution in [2.24, 2.45) is 11.8 Å². The lowest BCUT2D eigenvalue weighted by Crippen LogP contribution is -2.54. The molecule has 3 N–H and O–H groups in total. The molecule has 1 spiro atoms. The maximum atomic E-state index is 12.9. The first-order valence-corrected chi connectivity index (χ1v) is 10.2. The van der Waals surface area contributed by atoms with Gasteiger partial charge in [-0.3, -0.25) is 19.3 Å². The summed E-state index contributed by atoms with van der Waals surface area (Å²) in [6.45, 7) is 1.66. The van der Waals surface area contributed by atoms with Crippen molar-refractivity contribution in [2.75, 3.05) is 17.2 Å². The van der Waals surface area contributed by atoms with Gasteiger partial charge >= 0.3 is 6.03 Å². The summed E-state index contributed by atoms with van der Waals surface area (Å²) in [6, 6.07) is 6.27. The summed E-state index contributed by atoms with van der Waals surface area (Å²) in [4.78, 5) is 50.5. The molecular formula is C21H26N4O4. The standard InChI is InChI=1S/C21H26N4O4/c1-13-4-2-3-11-21(13)19(28)25(20(29)24-21)12-17(26)22-15-7-9-16(10-8-15)23-18(27)14-5-6-14/h7-10,13-14H,2-6,11-12H2,1H3,(H,22,26)(H,23,27)(H,24,29)/t13-,21-/m1/s1. The number of anilines is 2. The van der Waals surface area contributed by atoms with Crippen LogP contribution in [0.1, 0.15) is 45.4 Å². The normalized spacial score (nSPS) is 26.4. The van der Waals surface area contributed by atoms with Gasteiger partial charge in [0, 0.05) is 17.3 Å². The highest BCUT2D eigenvalue weighted by Gasteiger charge is 2.55. The Bertz CT molecular complexity index is 849. The fourth-order valence-corrected chi connectivity index (χ4v) is 4.21. The summed E-state index contributed by atoms with van der Waals surface area (Å²) >= 11 is 0. The molecule has 4 rings (SSSR count). The summed E-state index contributed by atoms with van der Waals surface area (Å²) in [5.74, 6) is -0.550. The fraction of sp³-hybridized carbons (Fsp3) is 0.524. The molecule has 2 aliphatic carbocycles. The Hall–Kier alpha value is -2.90. The minimum Gasteiger partial charge on any atom is -0.326 e. The molecule has 5 amide bonds. The third-order valence-electron chi connectivity index (χ3n) is 6.19. The molecule has 8 nitrogen and oxygen atoms in total. The Kier molecular flexibility index (Phi) is 5.02. The first kappa shape index (κ1) is 19.4. The molecule has 0 bridgehead atoms. The van der Waals surface area contributed by atoms with Gasteiger partial charge in [-0.1, -0.05) is 19.8 Å². The molecule has 1 aliphatic heterocycles. The van der Waals surface area contributed by atoms with E-state index in [1.165, 1.54) is 0 Å². The number of hydrogen-bond acceptors (Lipinski definition) is 4. The second-order valence-electron chi connectivity index (χ2n) is 8.33.